The van der Waals surface area contributed by atoms with Crippen molar-refractivity contribution in [3.63, 3.8) is 0 Å². The molecule has 3 heterocycles. The number of carbonyl (C=O) groups excluding carboxylic acids is 2. The average molecular weight is 379 g/mol. The summed E-state index contributed by atoms with van der Waals surface area (Å²) in [5.74, 6) is 0.0127. The van der Waals surface area contributed by atoms with Crippen LogP contribution in [-0.4, -0.2) is 65.4 Å². The van der Waals surface area contributed by atoms with Crippen molar-refractivity contribution in [3.05, 3.63) is 27.9 Å². The van der Waals surface area contributed by atoms with E-state index in [4.69, 9.17) is 0 Å². The zero-order valence-corrected chi connectivity index (χ0v) is 16.0. The first kappa shape index (κ1) is 18.0. The van der Waals surface area contributed by atoms with Crippen molar-refractivity contribution in [2.24, 2.45) is 0 Å². The summed E-state index contributed by atoms with van der Waals surface area (Å²) in [6, 6.07) is 2.16. The van der Waals surface area contributed by atoms with E-state index in [9.17, 15) is 9.59 Å². The summed E-state index contributed by atoms with van der Waals surface area (Å²) in [6.07, 6.45) is 0. The third kappa shape index (κ3) is 4.65. The first-order valence-corrected chi connectivity index (χ1v) is 10.1. The van der Waals surface area contributed by atoms with Gasteiger partial charge in [0, 0.05) is 48.5 Å². The van der Waals surface area contributed by atoms with Crippen molar-refractivity contribution in [1.29, 1.82) is 0 Å². The molecule has 2 aromatic rings. The summed E-state index contributed by atoms with van der Waals surface area (Å²) < 4.78 is 0. The summed E-state index contributed by atoms with van der Waals surface area (Å²) in [5.41, 5.74) is 1.58. The third-order valence-electron chi connectivity index (χ3n) is 3.97. The van der Waals surface area contributed by atoms with Crippen molar-refractivity contribution in [2.75, 3.05) is 32.7 Å². The van der Waals surface area contributed by atoms with E-state index in [1.807, 2.05) is 41.0 Å². The van der Waals surface area contributed by atoms with E-state index in [1.165, 1.54) is 11.3 Å². The molecular formula is C17H22N4O2S2. The summed E-state index contributed by atoms with van der Waals surface area (Å²) in [7, 11) is 0. The van der Waals surface area contributed by atoms with Gasteiger partial charge in [0.25, 0.3) is 5.91 Å². The lowest BCUT2D eigenvalue weighted by Crippen LogP contribution is -2.51. The Morgan fingerprint density at radius 1 is 1.24 bits per heavy atom. The van der Waals surface area contributed by atoms with Crippen LogP contribution in [0.4, 0.5) is 0 Å². The number of amides is 2. The van der Waals surface area contributed by atoms with Crippen molar-refractivity contribution >= 4 is 34.5 Å². The average Bonchev–Trinajstić information content (AvgIpc) is 3.25. The molecule has 0 spiro atoms. The Bertz CT molecular complexity index is 719. The molecule has 0 unspecified atom stereocenters. The van der Waals surface area contributed by atoms with Gasteiger partial charge in [-0.25, -0.2) is 4.98 Å². The molecule has 8 heteroatoms. The van der Waals surface area contributed by atoms with Crippen molar-refractivity contribution in [1.82, 2.24) is 20.1 Å². The van der Waals surface area contributed by atoms with Crippen LogP contribution in [0.2, 0.25) is 0 Å². The van der Waals surface area contributed by atoms with Crippen LogP contribution in [0.15, 0.2) is 22.2 Å². The van der Waals surface area contributed by atoms with Crippen LogP contribution in [0, 0.1) is 0 Å². The van der Waals surface area contributed by atoms with Gasteiger partial charge < -0.3 is 10.2 Å². The van der Waals surface area contributed by atoms with Crippen LogP contribution >= 0.6 is 22.7 Å². The van der Waals surface area contributed by atoms with Crippen molar-refractivity contribution in [2.45, 2.75) is 19.9 Å². The summed E-state index contributed by atoms with van der Waals surface area (Å²) in [6.45, 7) is 6.95. The van der Waals surface area contributed by atoms with E-state index in [2.05, 4.69) is 15.2 Å². The summed E-state index contributed by atoms with van der Waals surface area (Å²) in [4.78, 5) is 32.9. The fourth-order valence-electron chi connectivity index (χ4n) is 2.73. The molecule has 0 radical (unpaired) electrons. The van der Waals surface area contributed by atoms with Gasteiger partial charge in [-0.2, -0.15) is 11.3 Å². The lowest BCUT2D eigenvalue weighted by molar-refractivity contribution is -0.123. The van der Waals surface area contributed by atoms with E-state index in [1.54, 1.807) is 11.3 Å². The Kier molecular flexibility index (Phi) is 5.82. The number of nitrogens with one attached hydrogen (secondary N) is 1. The zero-order chi connectivity index (χ0) is 17.8. The molecule has 0 bridgehead atoms. The van der Waals surface area contributed by atoms with Crippen LogP contribution < -0.4 is 5.32 Å². The number of nitrogens with zero attached hydrogens (tertiary/aromatic N) is 3. The summed E-state index contributed by atoms with van der Waals surface area (Å²) >= 11 is 3.12. The molecule has 1 aliphatic rings. The highest BCUT2D eigenvalue weighted by molar-refractivity contribution is 7.14. The predicted molar refractivity (Wildman–Crippen MR) is 101 cm³/mol. The molecule has 25 heavy (non-hydrogen) atoms. The number of thiazole rings is 1. The third-order valence-corrected chi connectivity index (χ3v) is 5.54. The van der Waals surface area contributed by atoms with Crippen LogP contribution in [0.5, 0.6) is 0 Å². The molecule has 2 aromatic heterocycles. The number of hydrogen-bond acceptors (Lipinski definition) is 6. The van der Waals surface area contributed by atoms with E-state index >= 15 is 0 Å². The van der Waals surface area contributed by atoms with Crippen LogP contribution in [0.3, 0.4) is 0 Å². The minimum Gasteiger partial charge on any atom is -0.353 e. The topological polar surface area (TPSA) is 65.5 Å². The predicted octanol–water partition coefficient (Wildman–Crippen LogP) is 2.15. The number of piperazine rings is 1. The van der Waals surface area contributed by atoms with Crippen molar-refractivity contribution in [3.8, 4) is 10.6 Å². The minimum absolute atomic E-state index is 0.0241. The van der Waals surface area contributed by atoms with Gasteiger partial charge in [0.15, 0.2) is 0 Å². The van der Waals surface area contributed by atoms with E-state index in [0.29, 0.717) is 38.4 Å². The normalized spacial score (nSPS) is 15.6. The molecule has 0 aliphatic carbocycles. The molecule has 6 nitrogen and oxygen atoms in total. The Balaban J connectivity index is 1.53. The Morgan fingerprint density at radius 2 is 2.00 bits per heavy atom. The van der Waals surface area contributed by atoms with Crippen LogP contribution in [0.1, 0.15) is 24.3 Å². The largest absolute Gasteiger partial charge is 0.353 e. The Labute approximate surface area is 155 Å². The minimum atomic E-state index is -0.0241. The first-order chi connectivity index (χ1) is 12.0. The number of hydrogen-bond donors (Lipinski definition) is 1. The quantitative estimate of drug-likeness (QED) is 0.866. The fourth-order valence-corrected chi connectivity index (χ4v) is 4.24. The highest BCUT2D eigenvalue weighted by Gasteiger charge is 2.25. The molecule has 0 saturated carbocycles. The molecule has 3 rings (SSSR count). The lowest BCUT2D eigenvalue weighted by Gasteiger charge is -2.34. The van der Waals surface area contributed by atoms with Gasteiger partial charge in [-0.3, -0.25) is 14.5 Å². The number of thiophene rings is 1. The molecule has 1 saturated heterocycles. The van der Waals surface area contributed by atoms with E-state index < -0.39 is 0 Å². The fraction of sp³-hybridized carbons (Fsp3) is 0.471. The number of aromatic nitrogens is 1. The lowest BCUT2D eigenvalue weighted by atomic mass is 10.2. The van der Waals surface area contributed by atoms with Crippen LogP contribution in [-0.2, 0) is 4.79 Å². The molecule has 0 aromatic carbocycles. The van der Waals surface area contributed by atoms with Gasteiger partial charge in [0.1, 0.15) is 10.7 Å². The monoisotopic (exact) mass is 378 g/mol. The Morgan fingerprint density at radius 3 is 2.64 bits per heavy atom. The van der Waals surface area contributed by atoms with Crippen molar-refractivity contribution < 1.29 is 9.59 Å². The maximum atomic E-state index is 12.6. The zero-order valence-electron chi connectivity index (χ0n) is 14.4. The smallest absolute Gasteiger partial charge is 0.273 e. The van der Waals surface area contributed by atoms with E-state index in [0.717, 1.165) is 10.6 Å². The highest BCUT2D eigenvalue weighted by atomic mass is 32.1. The maximum Gasteiger partial charge on any atom is 0.273 e. The molecule has 1 N–H and O–H groups in total. The summed E-state index contributed by atoms with van der Waals surface area (Å²) in [5, 5.41) is 9.65. The molecular weight excluding hydrogens is 356 g/mol. The second-order valence-corrected chi connectivity index (χ2v) is 7.98. The van der Waals surface area contributed by atoms with Gasteiger partial charge in [-0.1, -0.05) is 0 Å². The Hall–Kier alpha value is -1.77. The van der Waals surface area contributed by atoms with E-state index in [-0.39, 0.29) is 17.9 Å². The molecule has 134 valence electrons. The maximum absolute atomic E-state index is 12.6. The highest BCUT2D eigenvalue weighted by Crippen LogP contribution is 2.26. The second kappa shape index (κ2) is 8.07. The van der Waals surface area contributed by atoms with Gasteiger partial charge in [0.2, 0.25) is 5.91 Å². The number of rotatable bonds is 5. The van der Waals surface area contributed by atoms with Gasteiger partial charge in [-0.15, -0.1) is 11.3 Å². The first-order valence-electron chi connectivity index (χ1n) is 8.32. The SMILES string of the molecule is CC(C)NC(=O)CN1CCN(C(=O)c2csc(-c3ccsc3)n2)CC1. The van der Waals surface area contributed by atoms with Crippen LogP contribution in [0.25, 0.3) is 10.6 Å². The van der Waals surface area contributed by atoms with Gasteiger partial charge >= 0.3 is 0 Å². The molecule has 2 amide bonds. The molecule has 1 fully saturated rings. The van der Waals surface area contributed by atoms with Gasteiger partial charge in [-0.05, 0) is 25.3 Å². The second-order valence-electron chi connectivity index (χ2n) is 6.34. The number of carbonyl (C=O) groups is 2. The van der Waals surface area contributed by atoms with Gasteiger partial charge in [0.05, 0.1) is 6.54 Å². The standard InChI is InChI=1S/C17H22N4O2S2/c1-12(2)18-15(22)9-20-4-6-21(7-5-20)17(23)14-11-25-16(19-14)13-3-8-24-10-13/h3,8,10-12H,4-7,9H2,1-2H3,(H,18,22). The molecule has 1 aliphatic heterocycles. The molecule has 0 atom stereocenters.